The number of anilines is 1. The van der Waals surface area contributed by atoms with Gasteiger partial charge in [-0.1, -0.05) is 48.0 Å². The van der Waals surface area contributed by atoms with Crippen molar-refractivity contribution >= 4 is 34.0 Å². The van der Waals surface area contributed by atoms with E-state index in [-0.39, 0.29) is 5.91 Å². The average molecular weight is 416 g/mol. The van der Waals surface area contributed by atoms with Gasteiger partial charge in [-0.2, -0.15) is 0 Å². The molecule has 0 saturated carbocycles. The van der Waals surface area contributed by atoms with Crippen LogP contribution in [0.5, 0.6) is 0 Å². The van der Waals surface area contributed by atoms with Crippen molar-refractivity contribution in [1.29, 1.82) is 0 Å². The summed E-state index contributed by atoms with van der Waals surface area (Å²) in [5, 5.41) is 5.66. The second-order valence-corrected chi connectivity index (χ2v) is 7.87. The minimum absolute atomic E-state index is 0.162. The van der Waals surface area contributed by atoms with Crippen LogP contribution in [0.3, 0.4) is 0 Å². The predicted octanol–water partition coefficient (Wildman–Crippen LogP) is 5.87. The summed E-state index contributed by atoms with van der Waals surface area (Å²) in [4.78, 5) is 19.4. The average Bonchev–Trinajstić information content (AvgIpc) is 2.75. The Balaban J connectivity index is 1.61. The molecule has 0 unspecified atom stereocenters. The Labute approximate surface area is 181 Å². The molecular formula is C25H22ClN3O. The van der Waals surface area contributed by atoms with Crippen molar-refractivity contribution in [3.05, 3.63) is 95.1 Å². The monoisotopic (exact) mass is 415 g/mol. The van der Waals surface area contributed by atoms with Crippen molar-refractivity contribution in [2.24, 2.45) is 0 Å². The molecule has 4 nitrogen and oxygen atoms in total. The Bertz CT molecular complexity index is 1200. The summed E-state index contributed by atoms with van der Waals surface area (Å²) in [7, 11) is 4.03. The van der Waals surface area contributed by atoms with Crippen LogP contribution in [-0.2, 0) is 6.54 Å². The molecule has 0 aliphatic rings. The fraction of sp³-hybridized carbons (Fsp3) is 0.120. The number of halogens is 1. The number of hydrogen-bond acceptors (Lipinski definition) is 3. The van der Waals surface area contributed by atoms with Gasteiger partial charge in [-0.15, -0.1) is 0 Å². The second kappa shape index (κ2) is 8.66. The molecule has 1 N–H and O–H groups in total. The van der Waals surface area contributed by atoms with E-state index < -0.39 is 0 Å². The van der Waals surface area contributed by atoms with Crippen LogP contribution in [0.1, 0.15) is 15.9 Å². The third kappa shape index (κ3) is 4.35. The molecule has 1 aromatic heterocycles. The number of hydrogen-bond donors (Lipinski definition) is 1. The topological polar surface area (TPSA) is 45.2 Å². The number of nitrogens with one attached hydrogen (secondary N) is 1. The molecule has 0 spiro atoms. The van der Waals surface area contributed by atoms with Crippen LogP contribution >= 0.6 is 11.6 Å². The predicted molar refractivity (Wildman–Crippen MR) is 124 cm³/mol. The molecule has 0 radical (unpaired) electrons. The van der Waals surface area contributed by atoms with Crippen LogP contribution in [0.4, 0.5) is 5.69 Å². The molecule has 0 aliphatic carbocycles. The summed E-state index contributed by atoms with van der Waals surface area (Å²) in [6.45, 7) is 0.834. The number of amides is 1. The lowest BCUT2D eigenvalue weighted by atomic mass is 10.0. The van der Waals surface area contributed by atoms with Gasteiger partial charge >= 0.3 is 0 Å². The van der Waals surface area contributed by atoms with Gasteiger partial charge in [0, 0.05) is 34.9 Å². The van der Waals surface area contributed by atoms with Crippen LogP contribution in [0.15, 0.2) is 79.0 Å². The van der Waals surface area contributed by atoms with Gasteiger partial charge in [0.25, 0.3) is 5.91 Å². The van der Waals surface area contributed by atoms with Crippen LogP contribution < -0.4 is 5.32 Å². The van der Waals surface area contributed by atoms with E-state index in [4.69, 9.17) is 11.6 Å². The van der Waals surface area contributed by atoms with Crippen LogP contribution in [0.2, 0.25) is 5.02 Å². The van der Waals surface area contributed by atoms with E-state index in [1.807, 2.05) is 74.8 Å². The Morgan fingerprint density at radius 1 is 1.00 bits per heavy atom. The van der Waals surface area contributed by atoms with Crippen LogP contribution in [0, 0.1) is 0 Å². The number of aromatic nitrogens is 1. The fourth-order valence-corrected chi connectivity index (χ4v) is 3.66. The number of nitrogens with zero attached hydrogens (tertiary/aromatic N) is 2. The molecule has 150 valence electrons. The lowest BCUT2D eigenvalue weighted by molar-refractivity contribution is 0.102. The van der Waals surface area contributed by atoms with Crippen molar-refractivity contribution in [3.63, 3.8) is 0 Å². The van der Waals surface area contributed by atoms with E-state index in [0.717, 1.165) is 34.1 Å². The highest BCUT2D eigenvalue weighted by atomic mass is 35.5. The van der Waals surface area contributed by atoms with Crippen molar-refractivity contribution in [1.82, 2.24) is 9.88 Å². The molecule has 0 fully saturated rings. The summed E-state index contributed by atoms with van der Waals surface area (Å²) < 4.78 is 0. The van der Waals surface area contributed by atoms with Gasteiger partial charge in [-0.05, 0) is 61.4 Å². The fourth-order valence-electron chi connectivity index (χ4n) is 3.45. The van der Waals surface area contributed by atoms with E-state index in [9.17, 15) is 4.79 Å². The van der Waals surface area contributed by atoms with Gasteiger partial charge in [-0.3, -0.25) is 9.78 Å². The summed E-state index contributed by atoms with van der Waals surface area (Å²) in [5.74, 6) is -0.162. The Hall–Kier alpha value is -3.21. The molecule has 30 heavy (non-hydrogen) atoms. The van der Waals surface area contributed by atoms with Crippen molar-refractivity contribution in [3.8, 4) is 11.3 Å². The number of carbonyl (C=O) groups is 1. The second-order valence-electron chi connectivity index (χ2n) is 7.46. The normalized spacial score (nSPS) is 11.1. The van der Waals surface area contributed by atoms with Crippen LogP contribution in [0.25, 0.3) is 22.0 Å². The van der Waals surface area contributed by atoms with Crippen LogP contribution in [-0.4, -0.2) is 29.9 Å². The number of fused-ring (bicyclic) bond motifs is 1. The summed E-state index contributed by atoms with van der Waals surface area (Å²) in [6.07, 6.45) is 1.77. The summed E-state index contributed by atoms with van der Waals surface area (Å²) in [6, 6.07) is 23.1. The van der Waals surface area contributed by atoms with E-state index in [1.54, 1.807) is 18.3 Å². The van der Waals surface area contributed by atoms with Gasteiger partial charge in [0.05, 0.1) is 10.7 Å². The largest absolute Gasteiger partial charge is 0.322 e. The standard InChI is InChI=1S/C25H22ClN3O/c1-29(2)16-17-7-9-19(10-8-17)25(30)28-20-11-12-23(26)22(15-20)24-21-6-4-3-5-18(21)13-14-27-24/h3-15H,16H2,1-2H3,(H,28,30). The van der Waals surface area contributed by atoms with Crippen molar-refractivity contribution in [2.75, 3.05) is 19.4 Å². The van der Waals surface area contributed by atoms with E-state index in [2.05, 4.69) is 15.2 Å². The lowest BCUT2D eigenvalue weighted by Gasteiger charge is -2.12. The molecule has 3 aromatic carbocycles. The molecule has 4 rings (SSSR count). The minimum atomic E-state index is -0.162. The molecule has 0 saturated heterocycles. The maximum atomic E-state index is 12.7. The molecule has 0 bridgehead atoms. The Morgan fingerprint density at radius 2 is 1.77 bits per heavy atom. The zero-order valence-electron chi connectivity index (χ0n) is 16.9. The Morgan fingerprint density at radius 3 is 2.53 bits per heavy atom. The summed E-state index contributed by atoms with van der Waals surface area (Å²) >= 11 is 6.49. The number of benzene rings is 3. The third-order valence-electron chi connectivity index (χ3n) is 4.87. The number of rotatable bonds is 5. The van der Waals surface area contributed by atoms with Gasteiger partial charge in [0.15, 0.2) is 0 Å². The van der Waals surface area contributed by atoms with Gasteiger partial charge in [0.2, 0.25) is 0 Å². The zero-order valence-corrected chi connectivity index (χ0v) is 17.6. The molecule has 4 aromatic rings. The smallest absolute Gasteiger partial charge is 0.255 e. The zero-order chi connectivity index (χ0) is 21.1. The van der Waals surface area contributed by atoms with Gasteiger partial charge in [-0.25, -0.2) is 0 Å². The third-order valence-corrected chi connectivity index (χ3v) is 5.20. The van der Waals surface area contributed by atoms with Gasteiger partial charge < -0.3 is 10.2 Å². The van der Waals surface area contributed by atoms with E-state index in [0.29, 0.717) is 16.3 Å². The first-order valence-electron chi connectivity index (χ1n) is 9.70. The molecule has 0 atom stereocenters. The SMILES string of the molecule is CN(C)Cc1ccc(C(=O)Nc2ccc(Cl)c(-c3nccc4ccccc34)c2)cc1. The first-order valence-corrected chi connectivity index (χ1v) is 10.1. The molecular weight excluding hydrogens is 394 g/mol. The Kier molecular flexibility index (Phi) is 5.79. The highest BCUT2D eigenvalue weighted by molar-refractivity contribution is 6.33. The molecule has 1 heterocycles. The highest BCUT2D eigenvalue weighted by Crippen LogP contribution is 2.33. The molecule has 0 aliphatic heterocycles. The molecule has 1 amide bonds. The maximum absolute atomic E-state index is 12.7. The first kappa shape index (κ1) is 20.1. The summed E-state index contributed by atoms with van der Waals surface area (Å²) in [5.41, 5.74) is 4.02. The highest BCUT2D eigenvalue weighted by Gasteiger charge is 2.12. The van der Waals surface area contributed by atoms with Gasteiger partial charge in [0.1, 0.15) is 0 Å². The minimum Gasteiger partial charge on any atom is -0.322 e. The number of pyridine rings is 1. The first-order chi connectivity index (χ1) is 14.5. The van der Waals surface area contributed by atoms with Crippen molar-refractivity contribution in [2.45, 2.75) is 6.54 Å². The van der Waals surface area contributed by atoms with Crippen molar-refractivity contribution < 1.29 is 4.79 Å². The van der Waals surface area contributed by atoms with E-state index in [1.165, 1.54) is 0 Å². The lowest BCUT2D eigenvalue weighted by Crippen LogP contribution is -2.13. The quantitative estimate of drug-likeness (QED) is 0.443. The molecule has 5 heteroatoms. The maximum Gasteiger partial charge on any atom is 0.255 e. The number of carbonyl (C=O) groups excluding carboxylic acids is 1. The van der Waals surface area contributed by atoms with E-state index >= 15 is 0 Å².